The van der Waals surface area contributed by atoms with Gasteiger partial charge in [0.1, 0.15) is 61.3 Å². The van der Waals surface area contributed by atoms with E-state index in [0.29, 0.717) is 26.1 Å². The minimum Gasteiger partial charge on any atom is -0.471 e. The number of nitrogens with one attached hydrogen (secondary N) is 2. The quantitative estimate of drug-likeness (QED) is 0.0128. The Labute approximate surface area is 612 Å². The summed E-state index contributed by atoms with van der Waals surface area (Å²) in [4.78, 5) is 77.8. The van der Waals surface area contributed by atoms with E-state index in [9.17, 15) is 33.9 Å². The fraction of sp³-hybridized carbons (Fsp3) is 0.825. The number of aliphatic hydroxyl groups is 1. The number of hydrogen-bond donors (Lipinski definition) is 3. The van der Waals surface area contributed by atoms with Crippen molar-refractivity contribution in [2.45, 2.75) is 386 Å². The number of hydrogen-bond acceptors (Lipinski definition) is 18. The number of ketones is 2. The molecular weight excluding hydrogens is 1300 g/mol. The molecule has 2 fully saturated rings. The number of carbonyl (C=O) groups is 6. The van der Waals surface area contributed by atoms with Crippen molar-refractivity contribution in [1.82, 2.24) is 10.6 Å². The van der Waals surface area contributed by atoms with Gasteiger partial charge in [-0.3, -0.25) is 19.2 Å². The van der Waals surface area contributed by atoms with Gasteiger partial charge in [0.2, 0.25) is 24.4 Å². The average Bonchev–Trinajstić information content (AvgIpc) is 0.795. The molecule has 586 valence electrons. The Hall–Kier alpha value is -4.64. The number of ether oxygens (including phenoxy) is 10. The molecular formula is C80H144N2O18Si. The second-order valence-corrected chi connectivity index (χ2v) is 33.6. The summed E-state index contributed by atoms with van der Waals surface area (Å²) >= 11 is 0. The zero-order valence-corrected chi connectivity index (χ0v) is 66.2. The Kier molecular flexibility index (Phi) is 56.6. The molecule has 3 N–H and O–H groups in total. The number of unbranched alkanes of at least 4 members (excludes halogenated alkanes) is 30. The number of allylic oxidation sites excluding steroid dienone is 2. The monoisotopic (exact) mass is 1450 g/mol. The van der Waals surface area contributed by atoms with Crippen molar-refractivity contribution in [3.8, 4) is 0 Å². The predicted molar refractivity (Wildman–Crippen MR) is 404 cm³/mol. The molecule has 20 nitrogen and oxygen atoms in total. The van der Waals surface area contributed by atoms with Gasteiger partial charge in [-0.15, -0.1) is 0 Å². The lowest BCUT2D eigenvalue weighted by molar-refractivity contribution is -0.265. The molecule has 0 bridgehead atoms. The van der Waals surface area contributed by atoms with Crippen LogP contribution in [0.15, 0.2) is 50.0 Å². The van der Waals surface area contributed by atoms with E-state index in [2.05, 4.69) is 85.4 Å². The van der Waals surface area contributed by atoms with E-state index in [-0.39, 0.29) is 49.3 Å². The molecule has 2 aliphatic rings. The lowest BCUT2D eigenvalue weighted by Crippen LogP contribution is -2.66. The molecule has 2 amide bonds. The summed E-state index contributed by atoms with van der Waals surface area (Å²) in [6, 6.07) is -1.84. The van der Waals surface area contributed by atoms with E-state index in [1.165, 1.54) is 160 Å². The first-order valence-electron chi connectivity index (χ1n) is 39.5. The van der Waals surface area contributed by atoms with E-state index in [4.69, 9.17) is 51.8 Å². The van der Waals surface area contributed by atoms with Crippen molar-refractivity contribution >= 4 is 44.0 Å². The minimum atomic E-state index is -2.26. The standard InChI is InChI=1S/C43H79NO9Si.C37H65NO9/c1-10-14-16-18-20-22-23-25-27-29-35(45)33-37(46)44-38-40(48-32-28-26-24-21-19-17-15-11-2)39(53-42(47)50-31-13-4)36(52-41(38)49-30-12-3)34-51-54(8,9)43(5,6)7;1-5-9-11-13-15-17-18-20-22-24-30(40)28-32(41)38-33-35(43-27-23-21-19-16-14-12-10-6-2)34(47-37(42)45-26-8-4)31(29-39)46-36(33)44-25-7-3/h12-13,30,36,38-41H,4,10-11,14-29,31-34H2,1-3,5-9H3,(H,44,46);7-8,25,31,33-36,39H,4-6,9-24,26-29H2,1-3H3,(H,38,41)/b30-12-;25-7-/t36-,38-,39-,40-,41+;31-,33-,34-,35-,36+/m11/s1. The van der Waals surface area contributed by atoms with Crippen LogP contribution in [0, 0.1) is 0 Å². The molecule has 101 heavy (non-hydrogen) atoms. The highest BCUT2D eigenvalue weighted by Gasteiger charge is 2.53. The normalized spacial score (nSPS) is 20.7. The van der Waals surface area contributed by atoms with Gasteiger partial charge in [0.15, 0.2) is 20.5 Å². The lowest BCUT2D eigenvalue weighted by atomic mass is 9.95. The maximum absolute atomic E-state index is 13.5. The molecule has 2 rings (SSSR count). The van der Waals surface area contributed by atoms with Gasteiger partial charge in [-0.1, -0.05) is 279 Å². The van der Waals surface area contributed by atoms with E-state index in [1.807, 2.05) is 6.92 Å². The van der Waals surface area contributed by atoms with Crippen LogP contribution in [0.5, 0.6) is 0 Å². The molecule has 2 saturated heterocycles. The van der Waals surface area contributed by atoms with Crippen molar-refractivity contribution in [3.63, 3.8) is 0 Å². The van der Waals surface area contributed by atoms with E-state index < -0.39 is 100 Å². The summed E-state index contributed by atoms with van der Waals surface area (Å²) < 4.78 is 65.5. The molecule has 21 heteroatoms. The Morgan fingerprint density at radius 3 is 1.10 bits per heavy atom. The van der Waals surface area contributed by atoms with Crippen molar-refractivity contribution in [3.05, 3.63) is 50.0 Å². The van der Waals surface area contributed by atoms with Crippen LogP contribution < -0.4 is 10.6 Å². The molecule has 0 aromatic heterocycles. The van der Waals surface area contributed by atoms with Crippen molar-refractivity contribution in [2.24, 2.45) is 0 Å². The zero-order valence-electron chi connectivity index (χ0n) is 65.2. The highest BCUT2D eigenvalue weighted by atomic mass is 28.4. The molecule has 0 aromatic rings. The van der Waals surface area contributed by atoms with Crippen LogP contribution >= 0.6 is 0 Å². The first kappa shape index (κ1) is 94.4. The van der Waals surface area contributed by atoms with Gasteiger partial charge in [0.25, 0.3) is 0 Å². The fourth-order valence-corrected chi connectivity index (χ4v) is 12.9. The molecule has 0 spiro atoms. The van der Waals surface area contributed by atoms with Gasteiger partial charge in [-0.25, -0.2) is 9.59 Å². The Balaban J connectivity index is 0.00000102. The number of rotatable bonds is 60. The first-order chi connectivity index (χ1) is 48.7. The topological polar surface area (TPSA) is 248 Å². The third-order valence-electron chi connectivity index (χ3n) is 18.8. The molecule has 0 radical (unpaired) electrons. The summed E-state index contributed by atoms with van der Waals surface area (Å²) in [7, 11) is -2.26. The number of aliphatic hydroxyl groups excluding tert-OH is 1. The number of amides is 2. The van der Waals surface area contributed by atoms with Crippen LogP contribution in [-0.4, -0.2) is 150 Å². The summed E-state index contributed by atoms with van der Waals surface area (Å²) in [5.74, 6) is -1.21. The molecule has 0 aromatic carbocycles. The van der Waals surface area contributed by atoms with Gasteiger partial charge in [-0.05, 0) is 57.7 Å². The van der Waals surface area contributed by atoms with Crippen molar-refractivity contribution < 1.29 is 85.7 Å². The largest absolute Gasteiger partial charge is 0.509 e. The van der Waals surface area contributed by atoms with Crippen molar-refractivity contribution in [2.75, 3.05) is 39.6 Å². The summed E-state index contributed by atoms with van der Waals surface area (Å²) in [6.07, 6.45) is 38.2. The molecule has 2 heterocycles. The molecule has 10 atom stereocenters. The smallest absolute Gasteiger partial charge is 0.471 e. The molecule has 0 unspecified atom stereocenters. The lowest BCUT2D eigenvalue weighted by Gasteiger charge is -2.46. The maximum Gasteiger partial charge on any atom is 0.509 e. The van der Waals surface area contributed by atoms with Gasteiger partial charge >= 0.3 is 12.3 Å². The van der Waals surface area contributed by atoms with E-state index in [1.54, 1.807) is 19.1 Å². The molecule has 0 saturated carbocycles. The van der Waals surface area contributed by atoms with E-state index in [0.717, 1.165) is 83.5 Å². The zero-order chi connectivity index (χ0) is 74.8. The van der Waals surface area contributed by atoms with Crippen molar-refractivity contribution in [1.29, 1.82) is 0 Å². The Bertz CT molecular complexity index is 2230. The van der Waals surface area contributed by atoms with Gasteiger partial charge in [-0.2, -0.15) is 0 Å². The van der Waals surface area contributed by atoms with Gasteiger partial charge in [0, 0.05) is 26.1 Å². The second kappa shape index (κ2) is 60.6. The average molecular weight is 1450 g/mol. The van der Waals surface area contributed by atoms with E-state index >= 15 is 0 Å². The summed E-state index contributed by atoms with van der Waals surface area (Å²) in [5, 5.41) is 16.0. The SMILES string of the molecule is C=CCOC(=O)O[C@H]1[C@H](OCCCCCCCCCC)[C@@H](NC(=O)CC(=O)CCCCCCCCCCC)[C@@H](O/C=C\C)O[C@@H]1CO.C=CCOC(=O)O[C@H]1[C@H](OCCCCCCCCCC)[C@@H](NC(=O)CC(=O)CCCCCCCCCCC)[C@@H](O/C=C\C)O[C@@H]1CO[Si](C)(C)C(C)(C)C. The van der Waals surface area contributed by atoms with Gasteiger partial charge < -0.3 is 67.5 Å². The fourth-order valence-electron chi connectivity index (χ4n) is 11.9. The predicted octanol–water partition coefficient (Wildman–Crippen LogP) is 18.7. The third-order valence-corrected chi connectivity index (χ3v) is 23.3. The molecule has 2 aliphatic heterocycles. The van der Waals surface area contributed by atoms with Crippen LogP contribution in [0.4, 0.5) is 9.59 Å². The summed E-state index contributed by atoms with van der Waals surface area (Å²) in [5.41, 5.74) is 0. The summed E-state index contributed by atoms with van der Waals surface area (Å²) in [6.45, 7) is 30.6. The minimum absolute atomic E-state index is 0.0322. The maximum atomic E-state index is 13.5. The number of carbonyl (C=O) groups excluding carboxylic acids is 6. The van der Waals surface area contributed by atoms with Gasteiger partial charge in [0.05, 0.1) is 38.6 Å². The van der Waals surface area contributed by atoms with Crippen LogP contribution in [0.2, 0.25) is 18.1 Å². The Morgan fingerprint density at radius 1 is 0.465 bits per heavy atom. The Morgan fingerprint density at radius 2 is 0.782 bits per heavy atom. The first-order valence-corrected chi connectivity index (χ1v) is 42.5. The highest BCUT2D eigenvalue weighted by molar-refractivity contribution is 6.74. The van der Waals surface area contributed by atoms with Crippen LogP contribution in [0.1, 0.15) is 306 Å². The molecule has 0 aliphatic carbocycles. The van der Waals surface area contributed by atoms with Crippen LogP contribution in [-0.2, 0) is 71.0 Å². The highest BCUT2D eigenvalue weighted by Crippen LogP contribution is 2.38. The van der Waals surface area contributed by atoms with Crippen LogP contribution in [0.3, 0.4) is 0 Å². The second-order valence-electron chi connectivity index (χ2n) is 28.8. The number of Topliss-reactive ketones (excluding diaryl/α,β-unsaturated/α-hetero) is 2. The van der Waals surface area contributed by atoms with Crippen LogP contribution in [0.25, 0.3) is 0 Å². The third kappa shape index (κ3) is 44.7.